The Kier molecular flexibility index (Phi) is 1.79. The normalized spacial score (nSPS) is 36.7. The van der Waals surface area contributed by atoms with Crippen LogP contribution in [-0.4, -0.2) is 33.2 Å². The minimum atomic E-state index is -1.66. The lowest BCUT2D eigenvalue weighted by molar-refractivity contribution is -0.149. The molecule has 1 saturated carbocycles. The van der Waals surface area contributed by atoms with Crippen LogP contribution in [0.2, 0.25) is 0 Å². The molecule has 0 aliphatic heterocycles. The number of rotatable bonds is 3. The Bertz CT molecular complexity index is 273. The zero-order valence-corrected chi connectivity index (χ0v) is 6.72. The minimum absolute atomic E-state index is 1.13. The first kappa shape index (κ1) is 9.50. The molecule has 3 N–H and O–H groups in total. The van der Waals surface area contributed by atoms with Crippen LogP contribution < -0.4 is 0 Å². The van der Waals surface area contributed by atoms with Crippen LogP contribution in [0.15, 0.2) is 0 Å². The van der Waals surface area contributed by atoms with Crippen LogP contribution in [0.5, 0.6) is 0 Å². The fourth-order valence-electron chi connectivity index (χ4n) is 1.58. The molecule has 0 radical (unpaired) electrons. The van der Waals surface area contributed by atoms with Gasteiger partial charge in [0.25, 0.3) is 0 Å². The highest BCUT2D eigenvalue weighted by atomic mass is 16.4. The van der Waals surface area contributed by atoms with Gasteiger partial charge in [0.2, 0.25) is 0 Å². The van der Waals surface area contributed by atoms with E-state index in [2.05, 4.69) is 0 Å². The van der Waals surface area contributed by atoms with E-state index in [1.807, 2.05) is 0 Å². The van der Waals surface area contributed by atoms with Crippen LogP contribution >= 0.6 is 0 Å². The van der Waals surface area contributed by atoms with Crippen molar-refractivity contribution < 1.29 is 29.7 Å². The van der Waals surface area contributed by atoms with E-state index in [0.717, 1.165) is 6.92 Å². The third-order valence-corrected chi connectivity index (χ3v) is 2.51. The van der Waals surface area contributed by atoms with Crippen molar-refractivity contribution in [3.05, 3.63) is 0 Å². The smallest absolute Gasteiger partial charge is 0.311 e. The predicted octanol–water partition coefficient (Wildman–Crippen LogP) is -0.508. The summed E-state index contributed by atoms with van der Waals surface area (Å²) >= 11 is 0. The Balaban J connectivity index is 2.96. The molecule has 13 heavy (non-hydrogen) atoms. The SMILES string of the molecule is CC1(C(=O)O)[C@@H](C(=O)O)[C@@H]1C(=O)O. The van der Waals surface area contributed by atoms with Gasteiger partial charge in [-0.15, -0.1) is 0 Å². The number of hydrogen-bond donors (Lipinski definition) is 3. The lowest BCUT2D eigenvalue weighted by Gasteiger charge is -2.00. The van der Waals surface area contributed by atoms with Crippen molar-refractivity contribution in [1.82, 2.24) is 0 Å². The fraction of sp³-hybridized carbons (Fsp3) is 0.571. The monoisotopic (exact) mass is 188 g/mol. The van der Waals surface area contributed by atoms with E-state index in [0.29, 0.717) is 0 Å². The average Bonchev–Trinajstić information content (AvgIpc) is 2.58. The predicted molar refractivity (Wildman–Crippen MR) is 38.0 cm³/mol. The zero-order valence-electron chi connectivity index (χ0n) is 6.72. The number of hydrogen-bond acceptors (Lipinski definition) is 3. The highest BCUT2D eigenvalue weighted by Crippen LogP contribution is 2.58. The van der Waals surface area contributed by atoms with Gasteiger partial charge in [0.05, 0.1) is 17.3 Å². The van der Waals surface area contributed by atoms with Crippen LogP contribution in [0.3, 0.4) is 0 Å². The number of aliphatic carboxylic acids is 3. The molecule has 0 saturated heterocycles. The molecule has 0 bridgehead atoms. The van der Waals surface area contributed by atoms with Crippen LogP contribution in [-0.2, 0) is 14.4 Å². The van der Waals surface area contributed by atoms with Gasteiger partial charge < -0.3 is 15.3 Å². The van der Waals surface area contributed by atoms with Gasteiger partial charge >= 0.3 is 17.9 Å². The maximum absolute atomic E-state index is 10.6. The van der Waals surface area contributed by atoms with Crippen molar-refractivity contribution in [3.8, 4) is 0 Å². The van der Waals surface area contributed by atoms with Crippen LogP contribution in [0.4, 0.5) is 0 Å². The molecule has 1 fully saturated rings. The van der Waals surface area contributed by atoms with E-state index < -0.39 is 35.2 Å². The van der Waals surface area contributed by atoms with E-state index >= 15 is 0 Å². The van der Waals surface area contributed by atoms with Crippen LogP contribution in [0.1, 0.15) is 6.92 Å². The molecule has 1 rings (SSSR count). The maximum Gasteiger partial charge on any atom is 0.311 e. The first-order chi connectivity index (χ1) is 5.83. The first-order valence-electron chi connectivity index (χ1n) is 3.52. The van der Waals surface area contributed by atoms with Gasteiger partial charge in [-0.3, -0.25) is 14.4 Å². The standard InChI is InChI=1S/C7H8O6/c1-7(6(12)13)2(4(8)9)3(7)5(10)11/h2-3H,1H3,(H,8,9)(H,10,11)(H,12,13)/t2-,3-/m1/s1. The van der Waals surface area contributed by atoms with Crippen LogP contribution in [0.25, 0.3) is 0 Å². The average molecular weight is 188 g/mol. The van der Waals surface area contributed by atoms with Crippen molar-refractivity contribution in [2.75, 3.05) is 0 Å². The largest absolute Gasteiger partial charge is 0.481 e. The van der Waals surface area contributed by atoms with Gasteiger partial charge in [0, 0.05) is 0 Å². The molecule has 1 aliphatic carbocycles. The van der Waals surface area contributed by atoms with Gasteiger partial charge in [-0.2, -0.15) is 0 Å². The molecule has 6 nitrogen and oxygen atoms in total. The lowest BCUT2D eigenvalue weighted by atomic mass is 10.1. The van der Waals surface area contributed by atoms with Crippen LogP contribution in [0, 0.1) is 17.3 Å². The van der Waals surface area contributed by atoms with Crippen molar-refractivity contribution in [1.29, 1.82) is 0 Å². The van der Waals surface area contributed by atoms with Gasteiger partial charge in [-0.05, 0) is 6.92 Å². The zero-order chi connectivity index (χ0) is 10.4. The summed E-state index contributed by atoms with van der Waals surface area (Å²) < 4.78 is 0. The molecule has 0 amide bonds. The second-order valence-electron chi connectivity index (χ2n) is 3.22. The van der Waals surface area contributed by atoms with Crippen molar-refractivity contribution in [3.63, 3.8) is 0 Å². The summed E-state index contributed by atoms with van der Waals surface area (Å²) in [5, 5.41) is 25.7. The van der Waals surface area contributed by atoms with E-state index in [1.54, 1.807) is 0 Å². The fourth-order valence-corrected chi connectivity index (χ4v) is 1.58. The summed E-state index contributed by atoms with van der Waals surface area (Å²) in [5.74, 6) is -6.77. The van der Waals surface area contributed by atoms with E-state index in [1.165, 1.54) is 0 Å². The van der Waals surface area contributed by atoms with Gasteiger partial charge in [0.15, 0.2) is 0 Å². The molecule has 0 spiro atoms. The van der Waals surface area contributed by atoms with Gasteiger partial charge in [0.1, 0.15) is 0 Å². The van der Waals surface area contributed by atoms with E-state index in [-0.39, 0.29) is 0 Å². The number of carbonyl (C=O) groups is 3. The molecular formula is C7H8O6. The number of carboxylic acid groups (broad SMARTS) is 3. The summed E-state index contributed by atoms with van der Waals surface area (Å²) in [6.07, 6.45) is 0. The molecule has 0 aromatic heterocycles. The van der Waals surface area contributed by atoms with E-state index in [9.17, 15) is 14.4 Å². The highest BCUT2D eigenvalue weighted by Gasteiger charge is 2.74. The third kappa shape index (κ3) is 1.06. The topological polar surface area (TPSA) is 112 Å². The second kappa shape index (κ2) is 2.45. The Morgan fingerprint density at radius 3 is 1.38 bits per heavy atom. The summed E-state index contributed by atoms with van der Waals surface area (Å²) in [7, 11) is 0. The molecule has 1 aliphatic rings. The highest BCUT2D eigenvalue weighted by molar-refractivity contribution is 5.98. The molecule has 0 unspecified atom stereocenters. The van der Waals surface area contributed by atoms with Gasteiger partial charge in [-0.25, -0.2) is 0 Å². The third-order valence-electron chi connectivity index (χ3n) is 2.51. The molecular weight excluding hydrogens is 180 g/mol. The van der Waals surface area contributed by atoms with Crippen molar-refractivity contribution >= 4 is 17.9 Å². The van der Waals surface area contributed by atoms with E-state index in [4.69, 9.17) is 15.3 Å². The summed E-state index contributed by atoms with van der Waals surface area (Å²) in [5.41, 5.74) is -1.66. The molecule has 0 aromatic rings. The summed E-state index contributed by atoms with van der Waals surface area (Å²) in [4.78, 5) is 31.5. The maximum atomic E-state index is 10.6. The molecule has 0 aromatic carbocycles. The molecule has 0 heterocycles. The molecule has 2 atom stereocenters. The van der Waals surface area contributed by atoms with Gasteiger partial charge in [-0.1, -0.05) is 0 Å². The Hall–Kier alpha value is -1.59. The quantitative estimate of drug-likeness (QED) is 0.550. The summed E-state index contributed by atoms with van der Waals surface area (Å²) in [6.45, 7) is 1.13. The number of carboxylic acids is 3. The summed E-state index contributed by atoms with van der Waals surface area (Å²) in [6, 6.07) is 0. The molecule has 6 heteroatoms. The Labute approximate surface area is 72.8 Å². The Morgan fingerprint density at radius 2 is 1.31 bits per heavy atom. The van der Waals surface area contributed by atoms with Crippen molar-refractivity contribution in [2.24, 2.45) is 17.3 Å². The van der Waals surface area contributed by atoms with Crippen molar-refractivity contribution in [2.45, 2.75) is 6.92 Å². The molecule has 72 valence electrons. The first-order valence-corrected chi connectivity index (χ1v) is 3.52. The minimum Gasteiger partial charge on any atom is -0.481 e. The Morgan fingerprint density at radius 1 is 1.00 bits per heavy atom. The second-order valence-corrected chi connectivity index (χ2v) is 3.22. The lowest BCUT2D eigenvalue weighted by Crippen LogP contribution is -2.18.